The van der Waals surface area contributed by atoms with Gasteiger partial charge >= 0.3 is 6.18 Å². The van der Waals surface area contributed by atoms with Gasteiger partial charge in [0, 0.05) is 28.4 Å². The predicted octanol–water partition coefficient (Wildman–Crippen LogP) is 4.15. The fraction of sp³-hybridized carbons (Fsp3) is 0.455. The Kier molecular flexibility index (Phi) is 6.36. The lowest BCUT2D eigenvalue weighted by atomic mass is 9.88. The van der Waals surface area contributed by atoms with Gasteiger partial charge in [0.05, 0.1) is 6.54 Å². The highest BCUT2D eigenvalue weighted by Crippen LogP contribution is 2.25. The zero-order valence-corrected chi connectivity index (χ0v) is 17.0. The van der Waals surface area contributed by atoms with Gasteiger partial charge in [-0.15, -0.1) is 0 Å². The van der Waals surface area contributed by atoms with Gasteiger partial charge in [-0.25, -0.2) is 0 Å². The van der Waals surface area contributed by atoms with E-state index in [9.17, 15) is 27.9 Å². The molecule has 1 fully saturated rings. The quantitative estimate of drug-likeness (QED) is 0.711. The van der Waals surface area contributed by atoms with Crippen LogP contribution in [0.25, 0.3) is 0 Å². The number of phenolic OH excluding ortho intramolecular Hbond substituents is 1. The molecule has 0 radical (unpaired) electrons. The van der Waals surface area contributed by atoms with Crippen LogP contribution in [0.15, 0.2) is 30.3 Å². The number of rotatable bonds is 6. The predicted molar refractivity (Wildman–Crippen MR) is 106 cm³/mol. The number of phenols is 1. The molecule has 1 aromatic heterocycles. The van der Waals surface area contributed by atoms with E-state index in [-0.39, 0.29) is 29.8 Å². The summed E-state index contributed by atoms with van der Waals surface area (Å²) in [5, 5.41) is 9.35. The standard InChI is InChI=1S/C22H25F3N2O3/c1-14-11-19(15(2)27(14)13-22(23,24)25)20(29)12-26-9-7-17(8-10-26)21(30)16-3-5-18(28)6-4-16/h3-6,11,17,28H,7-10,12-13H2,1-2H3. The Bertz CT molecular complexity index is 924. The molecule has 0 unspecified atom stereocenters. The molecule has 1 aromatic carbocycles. The molecule has 0 aliphatic carbocycles. The Hall–Kier alpha value is -2.61. The number of halogens is 3. The van der Waals surface area contributed by atoms with E-state index >= 15 is 0 Å². The maximum Gasteiger partial charge on any atom is 0.406 e. The molecule has 0 bridgehead atoms. The molecule has 8 heteroatoms. The summed E-state index contributed by atoms with van der Waals surface area (Å²) in [6.45, 7) is 3.26. The smallest absolute Gasteiger partial charge is 0.406 e. The molecule has 2 heterocycles. The van der Waals surface area contributed by atoms with Crippen molar-refractivity contribution in [3.8, 4) is 5.75 Å². The second-order valence-corrected chi connectivity index (χ2v) is 7.87. The van der Waals surface area contributed by atoms with Crippen molar-refractivity contribution in [2.75, 3.05) is 19.6 Å². The normalized spacial score (nSPS) is 16.0. The summed E-state index contributed by atoms with van der Waals surface area (Å²) in [6, 6.07) is 7.69. The van der Waals surface area contributed by atoms with E-state index in [0.717, 1.165) is 4.57 Å². The Balaban J connectivity index is 1.59. The first-order valence-corrected chi connectivity index (χ1v) is 9.87. The first-order valence-electron chi connectivity index (χ1n) is 9.87. The van der Waals surface area contributed by atoms with Crippen LogP contribution in [0.1, 0.15) is 44.9 Å². The SMILES string of the molecule is Cc1cc(C(=O)CN2CCC(C(=O)c3ccc(O)cc3)CC2)c(C)n1CC(F)(F)F. The maximum absolute atomic E-state index is 12.8. The number of carbonyl (C=O) groups excluding carboxylic acids is 2. The highest BCUT2D eigenvalue weighted by atomic mass is 19.4. The third-order valence-electron chi connectivity index (χ3n) is 5.69. The Labute approximate surface area is 173 Å². The van der Waals surface area contributed by atoms with Crippen molar-refractivity contribution in [2.24, 2.45) is 5.92 Å². The topological polar surface area (TPSA) is 62.5 Å². The summed E-state index contributed by atoms with van der Waals surface area (Å²) in [5.74, 6) is -0.219. The highest BCUT2D eigenvalue weighted by molar-refractivity contribution is 5.99. The molecule has 2 aromatic rings. The molecule has 1 aliphatic rings. The molecule has 1 aliphatic heterocycles. The molecule has 162 valence electrons. The van der Waals surface area contributed by atoms with Crippen molar-refractivity contribution in [1.29, 1.82) is 0 Å². The first kappa shape index (κ1) is 22.1. The summed E-state index contributed by atoms with van der Waals surface area (Å²) < 4.78 is 39.4. The van der Waals surface area contributed by atoms with Gasteiger partial charge in [0.25, 0.3) is 0 Å². The maximum atomic E-state index is 12.8. The third-order valence-corrected chi connectivity index (χ3v) is 5.69. The van der Waals surface area contributed by atoms with Crippen LogP contribution in [0.2, 0.25) is 0 Å². The second-order valence-electron chi connectivity index (χ2n) is 7.87. The summed E-state index contributed by atoms with van der Waals surface area (Å²) in [7, 11) is 0. The number of aromatic hydroxyl groups is 1. The molecule has 0 atom stereocenters. The number of benzene rings is 1. The highest BCUT2D eigenvalue weighted by Gasteiger charge is 2.31. The number of aromatic nitrogens is 1. The molecule has 0 spiro atoms. The van der Waals surface area contributed by atoms with Gasteiger partial charge in [-0.3, -0.25) is 14.5 Å². The van der Waals surface area contributed by atoms with E-state index in [2.05, 4.69) is 0 Å². The van der Waals surface area contributed by atoms with Crippen LogP contribution in [0.5, 0.6) is 5.75 Å². The Morgan fingerprint density at radius 2 is 1.70 bits per heavy atom. The van der Waals surface area contributed by atoms with Crippen molar-refractivity contribution in [3.63, 3.8) is 0 Å². The van der Waals surface area contributed by atoms with Gasteiger partial charge in [-0.2, -0.15) is 13.2 Å². The lowest BCUT2D eigenvalue weighted by Gasteiger charge is -2.30. The minimum atomic E-state index is -4.35. The number of nitrogens with zero attached hydrogens (tertiary/aromatic N) is 2. The Morgan fingerprint density at radius 3 is 2.27 bits per heavy atom. The van der Waals surface area contributed by atoms with Crippen molar-refractivity contribution >= 4 is 11.6 Å². The molecule has 1 N–H and O–H groups in total. The average molecular weight is 422 g/mol. The molecule has 0 amide bonds. The monoisotopic (exact) mass is 422 g/mol. The zero-order chi connectivity index (χ0) is 22.1. The summed E-state index contributed by atoms with van der Waals surface area (Å²) in [4.78, 5) is 27.2. The number of piperidine rings is 1. The number of hydrogen-bond donors (Lipinski definition) is 1. The van der Waals surface area contributed by atoms with Crippen molar-refractivity contribution < 1.29 is 27.9 Å². The summed E-state index contributed by atoms with van der Waals surface area (Å²) >= 11 is 0. The van der Waals surface area contributed by atoms with Gasteiger partial charge in [0.1, 0.15) is 12.3 Å². The fourth-order valence-corrected chi connectivity index (χ4v) is 4.01. The molecule has 5 nitrogen and oxygen atoms in total. The molecule has 1 saturated heterocycles. The van der Waals surface area contributed by atoms with Crippen molar-refractivity contribution in [2.45, 2.75) is 39.4 Å². The molecular formula is C22H25F3N2O3. The number of ketones is 2. The van der Waals surface area contributed by atoms with E-state index < -0.39 is 12.7 Å². The zero-order valence-electron chi connectivity index (χ0n) is 17.0. The number of hydrogen-bond acceptors (Lipinski definition) is 4. The number of aryl methyl sites for hydroxylation is 1. The van der Waals surface area contributed by atoms with Crippen LogP contribution in [0.4, 0.5) is 13.2 Å². The fourth-order valence-electron chi connectivity index (χ4n) is 4.01. The van der Waals surface area contributed by atoms with E-state index in [1.807, 2.05) is 4.90 Å². The van der Waals surface area contributed by atoms with Crippen LogP contribution >= 0.6 is 0 Å². The number of alkyl halides is 3. The molecule has 0 saturated carbocycles. The number of likely N-dealkylation sites (tertiary alicyclic amines) is 1. The second kappa shape index (κ2) is 8.63. The van der Waals surface area contributed by atoms with Crippen LogP contribution in [-0.4, -0.2) is 52.0 Å². The molecule has 3 rings (SSSR count). The lowest BCUT2D eigenvalue weighted by Crippen LogP contribution is -2.39. The van der Waals surface area contributed by atoms with Crippen molar-refractivity contribution in [3.05, 3.63) is 52.8 Å². The number of carbonyl (C=O) groups is 2. The van der Waals surface area contributed by atoms with Gasteiger partial charge in [0.15, 0.2) is 11.6 Å². The van der Waals surface area contributed by atoms with Gasteiger partial charge in [-0.1, -0.05) is 0 Å². The van der Waals surface area contributed by atoms with Crippen LogP contribution in [0.3, 0.4) is 0 Å². The van der Waals surface area contributed by atoms with Crippen LogP contribution in [0, 0.1) is 19.8 Å². The Morgan fingerprint density at radius 1 is 1.10 bits per heavy atom. The molecular weight excluding hydrogens is 397 g/mol. The number of Topliss-reactive ketones (excluding diaryl/α,β-unsaturated/α-hetero) is 2. The van der Waals surface area contributed by atoms with Gasteiger partial charge in [0.2, 0.25) is 0 Å². The first-order chi connectivity index (χ1) is 14.0. The average Bonchev–Trinajstić information content (AvgIpc) is 2.96. The lowest BCUT2D eigenvalue weighted by molar-refractivity contribution is -0.141. The third kappa shape index (κ3) is 5.11. The van der Waals surface area contributed by atoms with E-state index in [4.69, 9.17) is 0 Å². The minimum absolute atomic E-state index is 0.0247. The van der Waals surface area contributed by atoms with E-state index in [1.54, 1.807) is 19.1 Å². The van der Waals surface area contributed by atoms with E-state index in [0.29, 0.717) is 48.4 Å². The summed E-state index contributed by atoms with van der Waals surface area (Å²) in [5.41, 5.74) is 1.61. The van der Waals surface area contributed by atoms with Crippen molar-refractivity contribution in [1.82, 2.24) is 9.47 Å². The van der Waals surface area contributed by atoms with E-state index in [1.165, 1.54) is 25.1 Å². The minimum Gasteiger partial charge on any atom is -0.508 e. The van der Waals surface area contributed by atoms with Gasteiger partial charge in [-0.05, 0) is 70.1 Å². The molecule has 30 heavy (non-hydrogen) atoms. The van der Waals surface area contributed by atoms with Crippen LogP contribution in [-0.2, 0) is 6.54 Å². The van der Waals surface area contributed by atoms with Gasteiger partial charge < -0.3 is 9.67 Å². The van der Waals surface area contributed by atoms with Crippen LogP contribution < -0.4 is 0 Å². The summed E-state index contributed by atoms with van der Waals surface area (Å²) in [6.07, 6.45) is -3.12. The largest absolute Gasteiger partial charge is 0.508 e.